The van der Waals surface area contributed by atoms with Crippen LogP contribution in [0.3, 0.4) is 0 Å². The van der Waals surface area contributed by atoms with E-state index in [0.29, 0.717) is 46.7 Å². The van der Waals surface area contributed by atoms with Crippen molar-refractivity contribution >= 4 is 29.1 Å². The van der Waals surface area contributed by atoms with Crippen LogP contribution in [0.4, 0.5) is 11.5 Å². The summed E-state index contributed by atoms with van der Waals surface area (Å²) in [5, 5.41) is 6.57. The fourth-order valence-corrected chi connectivity index (χ4v) is 6.55. The highest BCUT2D eigenvalue weighted by Gasteiger charge is 2.41. The quantitative estimate of drug-likeness (QED) is 0.282. The molecule has 2 saturated carbocycles. The number of ketones is 1. The van der Waals surface area contributed by atoms with Gasteiger partial charge in [-0.1, -0.05) is 30.3 Å². The predicted octanol–water partition coefficient (Wildman–Crippen LogP) is 5.00. The highest BCUT2D eigenvalue weighted by Crippen LogP contribution is 2.39. The Morgan fingerprint density at radius 3 is 2.50 bits per heavy atom. The molecule has 0 radical (unpaired) electrons. The van der Waals surface area contributed by atoms with Gasteiger partial charge < -0.3 is 21.3 Å². The summed E-state index contributed by atoms with van der Waals surface area (Å²) in [5.41, 5.74) is 8.94. The van der Waals surface area contributed by atoms with Crippen LogP contribution in [0.1, 0.15) is 81.6 Å². The van der Waals surface area contributed by atoms with Crippen LogP contribution in [0, 0.1) is 11.8 Å². The second-order valence-corrected chi connectivity index (χ2v) is 12.1. The van der Waals surface area contributed by atoms with Gasteiger partial charge in [-0.3, -0.25) is 14.4 Å². The molecule has 3 atom stereocenters. The first-order valence-corrected chi connectivity index (χ1v) is 15.2. The molecule has 8 nitrogen and oxygen atoms in total. The lowest BCUT2D eigenvalue weighted by Gasteiger charge is -2.38. The molecular weight excluding hydrogens is 526 g/mol. The van der Waals surface area contributed by atoms with Gasteiger partial charge >= 0.3 is 0 Å². The van der Waals surface area contributed by atoms with Crippen LogP contribution >= 0.6 is 0 Å². The first-order valence-electron chi connectivity index (χ1n) is 15.2. The maximum absolute atomic E-state index is 13.3. The molecule has 4 N–H and O–H groups in total. The number of anilines is 2. The lowest BCUT2D eigenvalue weighted by Crippen LogP contribution is -2.43. The SMILES string of the molecule is NC(=O)c1ccc(C(=O)NC2CC3CCCN(c4ccc(C(=O)CCc5ccccc5)cn4)C3C2)cc1NCC1CC1. The minimum absolute atomic E-state index is 0.0608. The molecule has 3 aromatic rings. The molecule has 218 valence electrons. The van der Waals surface area contributed by atoms with Crippen LogP contribution in [0.2, 0.25) is 0 Å². The van der Waals surface area contributed by atoms with Crippen molar-refractivity contribution in [3.05, 3.63) is 89.1 Å². The normalized spacial score (nSPS) is 21.4. The summed E-state index contributed by atoms with van der Waals surface area (Å²) >= 11 is 0. The van der Waals surface area contributed by atoms with Crippen molar-refractivity contribution in [1.82, 2.24) is 10.3 Å². The van der Waals surface area contributed by atoms with E-state index in [2.05, 4.69) is 15.5 Å². The molecule has 42 heavy (non-hydrogen) atoms. The first-order chi connectivity index (χ1) is 20.4. The molecule has 1 aromatic heterocycles. The maximum atomic E-state index is 13.3. The molecule has 0 spiro atoms. The molecule has 6 rings (SSSR count). The lowest BCUT2D eigenvalue weighted by atomic mass is 9.92. The number of piperidine rings is 1. The Bertz CT molecular complexity index is 1440. The van der Waals surface area contributed by atoms with Crippen LogP contribution in [0.5, 0.6) is 0 Å². The molecule has 2 heterocycles. The second kappa shape index (κ2) is 12.3. The van der Waals surface area contributed by atoms with E-state index in [4.69, 9.17) is 10.7 Å². The van der Waals surface area contributed by atoms with Crippen molar-refractivity contribution in [2.75, 3.05) is 23.3 Å². The van der Waals surface area contributed by atoms with E-state index in [1.165, 1.54) is 12.8 Å². The van der Waals surface area contributed by atoms with E-state index in [1.807, 2.05) is 42.5 Å². The first kappa shape index (κ1) is 27.9. The summed E-state index contributed by atoms with van der Waals surface area (Å²) < 4.78 is 0. The minimum atomic E-state index is -0.501. The van der Waals surface area contributed by atoms with Crippen molar-refractivity contribution in [1.29, 1.82) is 0 Å². The summed E-state index contributed by atoms with van der Waals surface area (Å²) in [4.78, 5) is 45.0. The van der Waals surface area contributed by atoms with Gasteiger partial charge in [0.05, 0.1) is 5.56 Å². The van der Waals surface area contributed by atoms with E-state index < -0.39 is 5.91 Å². The molecule has 2 amide bonds. The van der Waals surface area contributed by atoms with Gasteiger partial charge in [0.25, 0.3) is 11.8 Å². The van der Waals surface area contributed by atoms with Gasteiger partial charge in [0.2, 0.25) is 0 Å². The van der Waals surface area contributed by atoms with E-state index in [9.17, 15) is 14.4 Å². The van der Waals surface area contributed by atoms with Crippen molar-refractivity contribution in [3.8, 4) is 0 Å². The van der Waals surface area contributed by atoms with Crippen molar-refractivity contribution < 1.29 is 14.4 Å². The molecule has 0 bridgehead atoms. The van der Waals surface area contributed by atoms with E-state index >= 15 is 0 Å². The molecule has 8 heteroatoms. The van der Waals surface area contributed by atoms with Gasteiger partial charge in [-0.25, -0.2) is 4.98 Å². The number of benzene rings is 2. The van der Waals surface area contributed by atoms with Gasteiger partial charge in [0.1, 0.15) is 5.82 Å². The van der Waals surface area contributed by atoms with Gasteiger partial charge in [-0.15, -0.1) is 0 Å². The number of hydrogen-bond acceptors (Lipinski definition) is 6. The van der Waals surface area contributed by atoms with E-state index in [1.54, 1.807) is 24.4 Å². The number of aryl methyl sites for hydroxylation is 1. The Morgan fingerprint density at radius 2 is 1.76 bits per heavy atom. The smallest absolute Gasteiger partial charge is 0.251 e. The molecule has 1 saturated heterocycles. The summed E-state index contributed by atoms with van der Waals surface area (Å²) in [6.45, 7) is 1.70. The molecule has 3 aliphatic rings. The zero-order valence-corrected chi connectivity index (χ0v) is 23.9. The summed E-state index contributed by atoms with van der Waals surface area (Å²) in [6.07, 6.45) is 9.25. The van der Waals surface area contributed by atoms with Gasteiger partial charge in [-0.2, -0.15) is 0 Å². The highest BCUT2D eigenvalue weighted by atomic mass is 16.2. The number of fused-ring (bicyclic) bond motifs is 1. The van der Waals surface area contributed by atoms with Crippen molar-refractivity contribution in [2.24, 2.45) is 17.6 Å². The molecule has 1 aliphatic heterocycles. The fourth-order valence-electron chi connectivity index (χ4n) is 6.55. The highest BCUT2D eigenvalue weighted by molar-refractivity contribution is 6.02. The number of pyridine rings is 1. The van der Waals surface area contributed by atoms with Crippen LogP contribution in [-0.2, 0) is 6.42 Å². The van der Waals surface area contributed by atoms with Gasteiger partial charge in [0, 0.05) is 54.6 Å². The fraction of sp³-hybridized carbons (Fsp3) is 0.412. The Hall–Kier alpha value is -4.20. The number of aromatic nitrogens is 1. The number of carbonyl (C=O) groups excluding carboxylic acids is 3. The minimum Gasteiger partial charge on any atom is -0.384 e. The Kier molecular flexibility index (Phi) is 8.22. The summed E-state index contributed by atoms with van der Waals surface area (Å²) in [6, 6.07) is 19.4. The number of nitrogens with one attached hydrogen (secondary N) is 2. The number of nitrogens with two attached hydrogens (primary N) is 1. The van der Waals surface area contributed by atoms with E-state index in [0.717, 1.165) is 56.6 Å². The number of Topliss-reactive ketones (excluding diaryl/α,β-unsaturated/α-hetero) is 1. The third-order valence-corrected chi connectivity index (χ3v) is 9.04. The molecular formula is C34H39N5O3. The molecule has 3 fully saturated rings. The Labute approximate surface area is 247 Å². The predicted molar refractivity (Wildman–Crippen MR) is 164 cm³/mol. The monoisotopic (exact) mass is 565 g/mol. The van der Waals surface area contributed by atoms with Gasteiger partial charge in [-0.05, 0) is 92.7 Å². The van der Waals surface area contributed by atoms with Crippen LogP contribution in [0.25, 0.3) is 0 Å². The molecule has 2 aliphatic carbocycles. The largest absolute Gasteiger partial charge is 0.384 e. The maximum Gasteiger partial charge on any atom is 0.251 e. The average molecular weight is 566 g/mol. The lowest BCUT2D eigenvalue weighted by molar-refractivity contribution is 0.0934. The molecule has 3 unspecified atom stereocenters. The number of carbonyl (C=O) groups is 3. The second-order valence-electron chi connectivity index (χ2n) is 12.1. The number of primary amides is 1. The number of amides is 2. The summed E-state index contributed by atoms with van der Waals surface area (Å²) in [7, 11) is 0. The third kappa shape index (κ3) is 6.48. The average Bonchev–Trinajstić information content (AvgIpc) is 3.76. The van der Waals surface area contributed by atoms with Crippen LogP contribution in [-0.4, -0.2) is 47.8 Å². The topological polar surface area (TPSA) is 117 Å². The van der Waals surface area contributed by atoms with Crippen molar-refractivity contribution in [2.45, 2.75) is 63.5 Å². The third-order valence-electron chi connectivity index (χ3n) is 9.04. The Balaban J connectivity index is 1.07. The van der Waals surface area contributed by atoms with E-state index in [-0.39, 0.29) is 17.7 Å². The zero-order valence-electron chi connectivity index (χ0n) is 23.9. The summed E-state index contributed by atoms with van der Waals surface area (Å²) in [5.74, 6) is 1.47. The number of rotatable bonds is 11. The standard InChI is InChI=1S/C34H39N5O3/c35-33(41)28-13-11-25(18-29(28)36-20-23-8-9-23)34(42)38-27-17-24-7-4-16-39(30(24)19-27)32-15-12-26(21-37-32)31(40)14-10-22-5-2-1-3-6-22/h1-3,5-6,11-13,15,18,21,23-24,27,30,36H,4,7-10,14,16-17,19-20H2,(H2,35,41)(H,38,42). The van der Waals surface area contributed by atoms with Crippen LogP contribution in [0.15, 0.2) is 66.9 Å². The Morgan fingerprint density at radius 1 is 0.952 bits per heavy atom. The van der Waals surface area contributed by atoms with Gasteiger partial charge in [0.15, 0.2) is 5.78 Å². The molecule has 2 aromatic carbocycles. The van der Waals surface area contributed by atoms with Crippen molar-refractivity contribution in [3.63, 3.8) is 0 Å². The number of nitrogens with zero attached hydrogens (tertiary/aromatic N) is 2. The van der Waals surface area contributed by atoms with Crippen LogP contribution < -0.4 is 21.3 Å². The number of hydrogen-bond donors (Lipinski definition) is 3. The zero-order chi connectivity index (χ0) is 29.1.